The van der Waals surface area contributed by atoms with Gasteiger partial charge in [-0.05, 0) is 12.5 Å². The molecular weight excluding hydrogens is 298 g/mol. The van der Waals surface area contributed by atoms with E-state index in [9.17, 15) is 13.5 Å². The highest BCUT2D eigenvalue weighted by Gasteiger charge is 2.39. The Morgan fingerprint density at radius 2 is 1.95 bits per heavy atom. The Kier molecular flexibility index (Phi) is 2.80. The van der Waals surface area contributed by atoms with Gasteiger partial charge in [-0.15, -0.1) is 0 Å². The first-order chi connectivity index (χ1) is 9.44. The molecule has 20 heavy (non-hydrogen) atoms. The molecule has 1 aromatic carbocycles. The number of hydrogen-bond acceptors (Lipinski definition) is 6. The van der Waals surface area contributed by atoms with E-state index in [-0.39, 0.29) is 22.2 Å². The molecule has 3 rings (SSSR count). The van der Waals surface area contributed by atoms with E-state index in [2.05, 4.69) is 8.75 Å². The van der Waals surface area contributed by atoms with Crippen LogP contribution in [0.5, 0.6) is 0 Å². The number of fused-ring (bicyclic) bond motifs is 1. The van der Waals surface area contributed by atoms with Gasteiger partial charge < -0.3 is 5.11 Å². The SMILES string of the molecule is Cc1ccccc1C1=C(O)c2nsnc2N(C)S1(=O)=O. The maximum atomic E-state index is 12.6. The monoisotopic (exact) mass is 309 g/mol. The van der Waals surface area contributed by atoms with Crippen LogP contribution in [0.4, 0.5) is 5.82 Å². The average Bonchev–Trinajstić information content (AvgIpc) is 2.88. The predicted octanol–water partition coefficient (Wildman–Crippen LogP) is 2.01. The number of anilines is 1. The van der Waals surface area contributed by atoms with E-state index in [1.807, 2.05) is 6.07 Å². The Bertz CT molecular complexity index is 824. The fourth-order valence-electron chi connectivity index (χ4n) is 2.11. The number of benzene rings is 1. The number of nitrogens with zero attached hydrogens (tertiary/aromatic N) is 3. The summed E-state index contributed by atoms with van der Waals surface area (Å²) in [7, 11) is -2.44. The maximum absolute atomic E-state index is 12.6. The number of sulfonamides is 1. The summed E-state index contributed by atoms with van der Waals surface area (Å²) in [6.07, 6.45) is 0. The molecule has 0 bridgehead atoms. The molecule has 0 aliphatic carbocycles. The number of aryl methyl sites for hydroxylation is 1. The van der Waals surface area contributed by atoms with Gasteiger partial charge in [-0.3, -0.25) is 0 Å². The van der Waals surface area contributed by atoms with E-state index in [1.165, 1.54) is 7.05 Å². The highest BCUT2D eigenvalue weighted by molar-refractivity contribution is 8.02. The molecule has 0 radical (unpaired) electrons. The van der Waals surface area contributed by atoms with Crippen molar-refractivity contribution in [2.45, 2.75) is 6.92 Å². The van der Waals surface area contributed by atoms with Gasteiger partial charge in [0.05, 0.1) is 11.7 Å². The zero-order valence-electron chi connectivity index (χ0n) is 10.7. The lowest BCUT2D eigenvalue weighted by Gasteiger charge is -2.25. The van der Waals surface area contributed by atoms with E-state index in [4.69, 9.17) is 0 Å². The summed E-state index contributed by atoms with van der Waals surface area (Å²) in [5.74, 6) is -0.189. The van der Waals surface area contributed by atoms with E-state index in [0.29, 0.717) is 5.56 Å². The molecule has 1 aromatic heterocycles. The fraction of sp³-hybridized carbons (Fsp3) is 0.167. The van der Waals surface area contributed by atoms with Crippen LogP contribution >= 0.6 is 11.7 Å². The van der Waals surface area contributed by atoms with Crippen LogP contribution in [0.25, 0.3) is 10.7 Å². The molecular formula is C12H11N3O3S2. The molecule has 2 aromatic rings. The summed E-state index contributed by atoms with van der Waals surface area (Å²) in [5.41, 5.74) is 1.43. The minimum absolute atomic E-state index is 0.127. The first kappa shape index (κ1) is 13.1. The number of aliphatic hydroxyl groups is 1. The zero-order valence-corrected chi connectivity index (χ0v) is 12.4. The van der Waals surface area contributed by atoms with Crippen LogP contribution in [0.3, 0.4) is 0 Å². The molecule has 0 saturated heterocycles. The van der Waals surface area contributed by atoms with Crippen LogP contribution < -0.4 is 4.31 Å². The lowest BCUT2D eigenvalue weighted by molar-refractivity contribution is 0.510. The summed E-state index contributed by atoms with van der Waals surface area (Å²) >= 11 is 0.865. The minimum Gasteiger partial charge on any atom is -0.504 e. The molecule has 1 N–H and O–H groups in total. The van der Waals surface area contributed by atoms with E-state index < -0.39 is 10.0 Å². The van der Waals surface area contributed by atoms with Gasteiger partial charge in [0, 0.05) is 12.6 Å². The highest BCUT2D eigenvalue weighted by atomic mass is 32.2. The van der Waals surface area contributed by atoms with E-state index in [1.54, 1.807) is 25.1 Å². The van der Waals surface area contributed by atoms with Crippen molar-refractivity contribution in [2.24, 2.45) is 0 Å². The van der Waals surface area contributed by atoms with E-state index in [0.717, 1.165) is 21.6 Å². The standard InChI is InChI=1S/C12H11N3O3S2/c1-7-5-3-4-6-8(7)11-10(16)9-12(14-19-13-9)15(2)20(11,17)18/h3-6,16H,1-2H3. The number of aromatic nitrogens is 2. The molecule has 6 nitrogen and oxygen atoms in total. The summed E-state index contributed by atoms with van der Waals surface area (Å²) in [6, 6.07) is 7.00. The normalized spacial score (nSPS) is 17.2. The molecule has 1 aliphatic rings. The lowest BCUT2D eigenvalue weighted by Crippen LogP contribution is -2.32. The topological polar surface area (TPSA) is 83.4 Å². The fourth-order valence-corrected chi connectivity index (χ4v) is 4.22. The summed E-state index contributed by atoms with van der Waals surface area (Å²) in [4.78, 5) is -0.127. The van der Waals surface area contributed by atoms with Crippen LogP contribution in [0, 0.1) is 6.92 Å². The van der Waals surface area contributed by atoms with Crippen molar-refractivity contribution in [1.29, 1.82) is 0 Å². The molecule has 8 heteroatoms. The van der Waals surface area contributed by atoms with Gasteiger partial charge in [-0.25, -0.2) is 12.7 Å². The van der Waals surface area contributed by atoms with Crippen molar-refractivity contribution in [3.8, 4) is 0 Å². The summed E-state index contributed by atoms with van der Waals surface area (Å²) in [6.45, 7) is 1.79. The van der Waals surface area contributed by atoms with Gasteiger partial charge in [-0.2, -0.15) is 8.75 Å². The molecule has 2 heterocycles. The van der Waals surface area contributed by atoms with Gasteiger partial charge in [0.15, 0.2) is 17.3 Å². The van der Waals surface area contributed by atoms with Crippen molar-refractivity contribution in [1.82, 2.24) is 8.75 Å². The molecule has 0 atom stereocenters. The second-order valence-electron chi connectivity index (χ2n) is 4.40. The molecule has 0 fully saturated rings. The Morgan fingerprint density at radius 1 is 1.25 bits per heavy atom. The van der Waals surface area contributed by atoms with Gasteiger partial charge in [-0.1, -0.05) is 24.3 Å². The molecule has 1 aliphatic heterocycles. The van der Waals surface area contributed by atoms with Crippen molar-refractivity contribution >= 4 is 38.2 Å². The van der Waals surface area contributed by atoms with Crippen LogP contribution in [0.1, 0.15) is 16.8 Å². The van der Waals surface area contributed by atoms with Crippen molar-refractivity contribution in [3.63, 3.8) is 0 Å². The largest absolute Gasteiger partial charge is 0.504 e. The van der Waals surface area contributed by atoms with Gasteiger partial charge in [0.25, 0.3) is 10.0 Å². The van der Waals surface area contributed by atoms with E-state index >= 15 is 0 Å². The number of hydrogen-bond donors (Lipinski definition) is 1. The molecule has 0 amide bonds. The highest BCUT2D eigenvalue weighted by Crippen LogP contribution is 2.41. The first-order valence-corrected chi connectivity index (χ1v) is 7.92. The zero-order chi connectivity index (χ0) is 14.5. The molecule has 0 unspecified atom stereocenters. The maximum Gasteiger partial charge on any atom is 0.269 e. The predicted molar refractivity (Wildman–Crippen MR) is 77.9 cm³/mol. The molecule has 0 spiro atoms. The summed E-state index contributed by atoms with van der Waals surface area (Å²) < 4.78 is 34.1. The third-order valence-electron chi connectivity index (χ3n) is 3.22. The average molecular weight is 309 g/mol. The third-order valence-corrected chi connectivity index (χ3v) is 5.56. The smallest absolute Gasteiger partial charge is 0.269 e. The van der Waals surface area contributed by atoms with Crippen molar-refractivity contribution in [2.75, 3.05) is 11.4 Å². The van der Waals surface area contributed by atoms with Gasteiger partial charge in [0.2, 0.25) is 0 Å². The van der Waals surface area contributed by atoms with Crippen LogP contribution in [0.15, 0.2) is 24.3 Å². The Labute approximate surface area is 120 Å². The van der Waals surface area contributed by atoms with Crippen LogP contribution in [0.2, 0.25) is 0 Å². The minimum atomic E-state index is -3.84. The van der Waals surface area contributed by atoms with Crippen LogP contribution in [-0.2, 0) is 10.0 Å². The Balaban J connectivity index is 2.39. The molecule has 0 saturated carbocycles. The number of aliphatic hydroxyl groups excluding tert-OH is 1. The van der Waals surface area contributed by atoms with Gasteiger partial charge in [0.1, 0.15) is 4.91 Å². The van der Waals surface area contributed by atoms with Crippen molar-refractivity contribution < 1.29 is 13.5 Å². The Hall–Kier alpha value is -1.93. The van der Waals surface area contributed by atoms with Gasteiger partial charge >= 0.3 is 0 Å². The second-order valence-corrected chi connectivity index (χ2v) is 6.84. The first-order valence-electron chi connectivity index (χ1n) is 5.75. The lowest BCUT2D eigenvalue weighted by atomic mass is 10.1. The third kappa shape index (κ3) is 1.65. The van der Waals surface area contributed by atoms with Crippen molar-refractivity contribution in [3.05, 3.63) is 41.1 Å². The molecule has 104 valence electrons. The van der Waals surface area contributed by atoms with Crippen LogP contribution in [-0.4, -0.2) is 29.3 Å². The quantitative estimate of drug-likeness (QED) is 0.871. The Morgan fingerprint density at radius 3 is 2.65 bits per heavy atom. The second kappa shape index (κ2) is 4.29. The summed E-state index contributed by atoms with van der Waals surface area (Å²) in [5, 5.41) is 10.3. The number of rotatable bonds is 1.